The van der Waals surface area contributed by atoms with Gasteiger partial charge in [-0.3, -0.25) is 0 Å². The summed E-state index contributed by atoms with van der Waals surface area (Å²) in [6.07, 6.45) is 1.20. The molecule has 23 heavy (non-hydrogen) atoms. The van der Waals surface area contributed by atoms with Gasteiger partial charge < -0.3 is 14.4 Å². The second-order valence-electron chi connectivity index (χ2n) is 4.54. The number of halogens is 2. The summed E-state index contributed by atoms with van der Waals surface area (Å²) in [5.74, 6) is -1.95. The van der Waals surface area contributed by atoms with Crippen LogP contribution in [0.5, 0.6) is 5.75 Å². The van der Waals surface area contributed by atoms with E-state index in [1.165, 1.54) is 24.4 Å². The van der Waals surface area contributed by atoms with E-state index in [9.17, 15) is 14.3 Å². The Morgan fingerprint density at radius 1 is 1.48 bits per heavy atom. The lowest BCUT2D eigenvalue weighted by Gasteiger charge is -2.06. The number of rotatable bonds is 3. The van der Waals surface area contributed by atoms with Crippen molar-refractivity contribution in [3.05, 3.63) is 40.9 Å². The van der Waals surface area contributed by atoms with Crippen LogP contribution in [0.2, 0.25) is 5.02 Å². The van der Waals surface area contributed by atoms with Crippen molar-refractivity contribution in [3.63, 3.8) is 0 Å². The Labute approximate surface area is 134 Å². The minimum absolute atomic E-state index is 0.0199. The van der Waals surface area contributed by atoms with Crippen molar-refractivity contribution in [2.24, 2.45) is 0 Å². The summed E-state index contributed by atoms with van der Waals surface area (Å²) in [4.78, 5) is 15.6. The van der Waals surface area contributed by atoms with Gasteiger partial charge in [-0.25, -0.2) is 14.2 Å². The molecule has 0 bridgehead atoms. The van der Waals surface area contributed by atoms with Crippen molar-refractivity contribution in [2.75, 3.05) is 6.61 Å². The monoisotopic (exact) mass is 336 g/mol. The molecule has 0 radical (unpaired) electrons. The number of carbonyl (C=O) groups excluding carboxylic acids is 1. The Balaban J connectivity index is 2.28. The molecule has 1 N–H and O–H groups in total. The SMILES string of the molecule is CCOC(=O)c1ncc2onc(-c3c(F)cccc3Cl)c2c1O. The Bertz CT molecular complexity index is 890. The number of aromatic nitrogens is 2. The molecular weight excluding hydrogens is 327 g/mol. The van der Waals surface area contributed by atoms with E-state index in [1.54, 1.807) is 6.92 Å². The van der Waals surface area contributed by atoms with Gasteiger partial charge >= 0.3 is 5.97 Å². The molecule has 0 aliphatic heterocycles. The summed E-state index contributed by atoms with van der Waals surface area (Å²) < 4.78 is 24.0. The Kier molecular flexibility index (Phi) is 3.87. The zero-order valence-corrected chi connectivity index (χ0v) is 12.6. The van der Waals surface area contributed by atoms with Gasteiger partial charge in [-0.1, -0.05) is 22.8 Å². The van der Waals surface area contributed by atoms with Crippen LogP contribution < -0.4 is 0 Å². The topological polar surface area (TPSA) is 85.5 Å². The fourth-order valence-electron chi connectivity index (χ4n) is 2.17. The van der Waals surface area contributed by atoms with Gasteiger partial charge in [0.05, 0.1) is 28.8 Å². The maximum absolute atomic E-state index is 14.1. The number of hydrogen-bond acceptors (Lipinski definition) is 6. The van der Waals surface area contributed by atoms with Gasteiger partial charge in [-0.05, 0) is 19.1 Å². The molecule has 0 spiro atoms. The van der Waals surface area contributed by atoms with Crippen LogP contribution in [0.4, 0.5) is 4.39 Å². The molecule has 3 rings (SSSR count). The lowest BCUT2D eigenvalue weighted by molar-refractivity contribution is 0.0516. The molecule has 0 atom stereocenters. The molecule has 3 aromatic rings. The van der Waals surface area contributed by atoms with E-state index in [0.717, 1.165) is 0 Å². The normalized spacial score (nSPS) is 10.9. The third kappa shape index (κ3) is 2.49. The largest absolute Gasteiger partial charge is 0.505 e. The number of nitrogens with zero attached hydrogens (tertiary/aromatic N) is 2. The van der Waals surface area contributed by atoms with E-state index < -0.39 is 17.5 Å². The fraction of sp³-hybridized carbons (Fsp3) is 0.133. The summed E-state index contributed by atoms with van der Waals surface area (Å²) in [6, 6.07) is 4.12. The number of esters is 1. The fourth-order valence-corrected chi connectivity index (χ4v) is 2.42. The van der Waals surface area contributed by atoms with Gasteiger partial charge in [0.2, 0.25) is 0 Å². The van der Waals surface area contributed by atoms with Crippen LogP contribution in [-0.4, -0.2) is 27.8 Å². The highest BCUT2D eigenvalue weighted by molar-refractivity contribution is 6.33. The lowest BCUT2D eigenvalue weighted by Crippen LogP contribution is -2.07. The van der Waals surface area contributed by atoms with Crippen LogP contribution in [0.25, 0.3) is 22.2 Å². The Hall–Kier alpha value is -2.67. The van der Waals surface area contributed by atoms with E-state index in [2.05, 4.69) is 10.1 Å². The summed E-state index contributed by atoms with van der Waals surface area (Å²) >= 11 is 6.02. The van der Waals surface area contributed by atoms with Gasteiger partial charge in [-0.2, -0.15) is 0 Å². The predicted molar refractivity (Wildman–Crippen MR) is 79.8 cm³/mol. The summed E-state index contributed by atoms with van der Waals surface area (Å²) in [6.45, 7) is 1.74. The highest BCUT2D eigenvalue weighted by Crippen LogP contribution is 2.39. The zero-order chi connectivity index (χ0) is 16.6. The first-order chi connectivity index (χ1) is 11.0. The Morgan fingerprint density at radius 2 is 2.26 bits per heavy atom. The molecular formula is C15H10ClFN2O4. The van der Waals surface area contributed by atoms with E-state index in [4.69, 9.17) is 20.9 Å². The molecule has 0 aliphatic carbocycles. The first-order valence-corrected chi connectivity index (χ1v) is 7.01. The number of carbonyl (C=O) groups is 1. The number of aromatic hydroxyl groups is 1. The molecule has 6 nitrogen and oxygen atoms in total. The second kappa shape index (κ2) is 5.85. The molecule has 2 heterocycles. The van der Waals surface area contributed by atoms with E-state index >= 15 is 0 Å². The molecule has 118 valence electrons. The number of fused-ring (bicyclic) bond motifs is 1. The smallest absolute Gasteiger partial charge is 0.360 e. The minimum atomic E-state index is -0.807. The second-order valence-corrected chi connectivity index (χ2v) is 4.95. The van der Waals surface area contributed by atoms with Gasteiger partial charge in [0.1, 0.15) is 11.5 Å². The van der Waals surface area contributed by atoms with Crippen molar-refractivity contribution in [1.82, 2.24) is 10.1 Å². The number of hydrogen-bond donors (Lipinski definition) is 1. The van der Waals surface area contributed by atoms with Crippen molar-refractivity contribution in [2.45, 2.75) is 6.92 Å². The van der Waals surface area contributed by atoms with Crippen molar-refractivity contribution < 1.29 is 23.6 Å². The van der Waals surface area contributed by atoms with Gasteiger partial charge in [-0.15, -0.1) is 0 Å². The first kappa shape index (κ1) is 15.2. The van der Waals surface area contributed by atoms with Crippen LogP contribution in [0, 0.1) is 5.82 Å². The standard InChI is InChI=1S/C15H10ClFN2O4/c1-2-22-15(21)13-14(20)11-9(6-18-13)23-19-12(11)10-7(16)4-3-5-8(10)17/h3-6,20H,2H2,1H3. The number of ether oxygens (including phenoxy) is 1. The van der Waals surface area contributed by atoms with Gasteiger partial charge in [0.15, 0.2) is 17.0 Å². The van der Waals surface area contributed by atoms with E-state index in [1.807, 2.05) is 0 Å². The summed E-state index contributed by atoms with van der Waals surface area (Å²) in [5.41, 5.74) is -0.279. The van der Waals surface area contributed by atoms with E-state index in [-0.39, 0.29) is 39.6 Å². The number of benzene rings is 1. The zero-order valence-electron chi connectivity index (χ0n) is 11.8. The summed E-state index contributed by atoms with van der Waals surface area (Å²) in [7, 11) is 0. The van der Waals surface area contributed by atoms with Gasteiger partial charge in [0.25, 0.3) is 0 Å². The molecule has 0 fully saturated rings. The average Bonchev–Trinajstić information content (AvgIpc) is 2.92. The quantitative estimate of drug-likeness (QED) is 0.736. The molecule has 0 amide bonds. The molecule has 0 unspecified atom stereocenters. The third-order valence-corrected chi connectivity index (χ3v) is 3.47. The van der Waals surface area contributed by atoms with Crippen molar-refractivity contribution >= 4 is 28.5 Å². The van der Waals surface area contributed by atoms with Crippen LogP contribution in [-0.2, 0) is 4.74 Å². The molecule has 0 saturated heterocycles. The highest BCUT2D eigenvalue weighted by Gasteiger charge is 2.25. The minimum Gasteiger partial charge on any atom is -0.505 e. The average molecular weight is 337 g/mol. The highest BCUT2D eigenvalue weighted by atomic mass is 35.5. The van der Waals surface area contributed by atoms with Gasteiger partial charge in [0, 0.05) is 0 Å². The lowest BCUT2D eigenvalue weighted by atomic mass is 10.1. The van der Waals surface area contributed by atoms with Crippen molar-refractivity contribution in [3.8, 4) is 17.0 Å². The molecule has 0 saturated carbocycles. The summed E-state index contributed by atoms with van der Waals surface area (Å²) in [5, 5.41) is 14.2. The van der Waals surface area contributed by atoms with Crippen LogP contribution in [0.15, 0.2) is 28.9 Å². The first-order valence-electron chi connectivity index (χ1n) is 6.63. The Morgan fingerprint density at radius 3 is 2.96 bits per heavy atom. The van der Waals surface area contributed by atoms with Crippen LogP contribution in [0.1, 0.15) is 17.4 Å². The molecule has 0 aliphatic rings. The molecule has 8 heteroatoms. The van der Waals surface area contributed by atoms with E-state index in [0.29, 0.717) is 0 Å². The third-order valence-electron chi connectivity index (χ3n) is 3.16. The maximum atomic E-state index is 14.1. The number of pyridine rings is 1. The van der Waals surface area contributed by atoms with Crippen LogP contribution in [0.3, 0.4) is 0 Å². The molecule has 2 aromatic heterocycles. The predicted octanol–water partition coefficient (Wildman–Crippen LogP) is 3.56. The van der Waals surface area contributed by atoms with Crippen LogP contribution >= 0.6 is 11.6 Å². The molecule has 1 aromatic carbocycles. The van der Waals surface area contributed by atoms with Crippen molar-refractivity contribution in [1.29, 1.82) is 0 Å². The maximum Gasteiger partial charge on any atom is 0.360 e.